The van der Waals surface area contributed by atoms with Gasteiger partial charge in [-0.15, -0.1) is 0 Å². The molecule has 0 bridgehead atoms. The lowest BCUT2D eigenvalue weighted by Crippen LogP contribution is -2.39. The van der Waals surface area contributed by atoms with E-state index in [1.807, 2.05) is 11.9 Å². The van der Waals surface area contributed by atoms with Gasteiger partial charge < -0.3 is 10.2 Å². The third-order valence-corrected chi connectivity index (χ3v) is 4.30. The van der Waals surface area contributed by atoms with Crippen LogP contribution in [0.3, 0.4) is 0 Å². The second kappa shape index (κ2) is 4.93. The van der Waals surface area contributed by atoms with Crippen LogP contribution in [0.4, 0.5) is 13.2 Å². The van der Waals surface area contributed by atoms with Crippen molar-refractivity contribution in [3.05, 3.63) is 35.4 Å². The van der Waals surface area contributed by atoms with E-state index in [-0.39, 0.29) is 5.41 Å². The fourth-order valence-corrected chi connectivity index (χ4v) is 2.72. The van der Waals surface area contributed by atoms with Gasteiger partial charge in [-0.3, -0.25) is 4.99 Å². The maximum atomic E-state index is 12.8. The molecule has 0 aromatic heterocycles. The Morgan fingerprint density at radius 2 is 2.10 bits per heavy atom. The van der Waals surface area contributed by atoms with E-state index in [4.69, 9.17) is 0 Å². The van der Waals surface area contributed by atoms with E-state index in [2.05, 4.69) is 10.3 Å². The van der Waals surface area contributed by atoms with Crippen LogP contribution in [0.15, 0.2) is 29.3 Å². The third kappa shape index (κ3) is 2.84. The zero-order chi connectivity index (χ0) is 15.1. The smallest absolute Gasteiger partial charge is 0.355 e. The summed E-state index contributed by atoms with van der Waals surface area (Å²) < 4.78 is 38.5. The van der Waals surface area contributed by atoms with E-state index < -0.39 is 11.7 Å². The molecule has 1 heterocycles. The number of nitrogens with zero attached hydrogens (tertiary/aromatic N) is 2. The van der Waals surface area contributed by atoms with Gasteiger partial charge in [-0.2, -0.15) is 13.2 Å². The van der Waals surface area contributed by atoms with Gasteiger partial charge >= 0.3 is 6.18 Å². The number of benzene rings is 1. The van der Waals surface area contributed by atoms with Crippen molar-refractivity contribution in [1.29, 1.82) is 0 Å². The highest BCUT2D eigenvalue weighted by atomic mass is 19.4. The number of halogens is 3. The lowest BCUT2D eigenvalue weighted by molar-refractivity contribution is -0.137. The van der Waals surface area contributed by atoms with E-state index >= 15 is 0 Å². The summed E-state index contributed by atoms with van der Waals surface area (Å²) in [4.78, 5) is 6.38. The van der Waals surface area contributed by atoms with Crippen LogP contribution < -0.4 is 5.32 Å². The fourth-order valence-electron chi connectivity index (χ4n) is 2.72. The Morgan fingerprint density at radius 3 is 2.67 bits per heavy atom. The molecular formula is C15H18F3N3. The zero-order valence-corrected chi connectivity index (χ0v) is 11.9. The topological polar surface area (TPSA) is 27.6 Å². The summed E-state index contributed by atoms with van der Waals surface area (Å²) in [5.74, 6) is 0.841. The number of rotatable bonds is 3. The Balaban J connectivity index is 1.74. The van der Waals surface area contributed by atoms with Crippen molar-refractivity contribution in [1.82, 2.24) is 10.2 Å². The molecule has 1 aromatic carbocycles. The standard InChI is InChI=1S/C15H18F3N3/c1-21-8-7-19-13(21)20-10-14(5-6-14)11-3-2-4-12(9-11)15(16,17)18/h2-4,9H,5-8,10H2,1H3,(H,19,20). The summed E-state index contributed by atoms with van der Waals surface area (Å²) in [5.41, 5.74) is 0.0281. The van der Waals surface area contributed by atoms with Crippen LogP contribution in [0.5, 0.6) is 0 Å². The number of hydrogen-bond acceptors (Lipinski definition) is 3. The van der Waals surface area contributed by atoms with Crippen molar-refractivity contribution < 1.29 is 13.2 Å². The second-order valence-corrected chi connectivity index (χ2v) is 5.84. The quantitative estimate of drug-likeness (QED) is 0.929. The summed E-state index contributed by atoms with van der Waals surface area (Å²) in [6, 6.07) is 5.71. The largest absolute Gasteiger partial charge is 0.416 e. The molecule has 1 saturated carbocycles. The van der Waals surface area contributed by atoms with Gasteiger partial charge in [0.05, 0.1) is 12.1 Å². The highest BCUT2D eigenvalue weighted by Gasteiger charge is 2.45. The summed E-state index contributed by atoms with van der Waals surface area (Å²) in [5, 5.41) is 3.29. The van der Waals surface area contributed by atoms with Crippen LogP contribution in [0, 0.1) is 0 Å². The minimum absolute atomic E-state index is 0.173. The number of nitrogens with one attached hydrogen (secondary N) is 1. The molecule has 6 heteroatoms. The van der Waals surface area contributed by atoms with Gasteiger partial charge in [0.15, 0.2) is 5.96 Å². The maximum Gasteiger partial charge on any atom is 0.416 e. The molecule has 0 atom stereocenters. The Kier molecular flexibility index (Phi) is 3.34. The molecule has 0 radical (unpaired) electrons. The van der Waals surface area contributed by atoms with Gasteiger partial charge in [-0.1, -0.05) is 18.2 Å². The maximum absolute atomic E-state index is 12.8. The number of hydrogen-bond donors (Lipinski definition) is 1. The second-order valence-electron chi connectivity index (χ2n) is 5.84. The molecule has 0 saturated heterocycles. The normalized spacial score (nSPS) is 20.4. The van der Waals surface area contributed by atoms with Crippen LogP contribution in [0.1, 0.15) is 24.0 Å². The van der Waals surface area contributed by atoms with E-state index in [1.54, 1.807) is 6.07 Å². The molecule has 114 valence electrons. The first-order valence-corrected chi connectivity index (χ1v) is 7.08. The van der Waals surface area contributed by atoms with Crippen molar-refractivity contribution in [2.45, 2.75) is 24.4 Å². The van der Waals surface area contributed by atoms with Crippen LogP contribution in [0.2, 0.25) is 0 Å². The molecule has 1 N–H and O–H groups in total. The van der Waals surface area contributed by atoms with Crippen LogP contribution in [0.25, 0.3) is 0 Å². The molecule has 2 aliphatic rings. The first-order valence-electron chi connectivity index (χ1n) is 7.08. The molecule has 1 aromatic rings. The SMILES string of the molecule is CN1CCN=C1NCC1(c2cccc(C(F)(F)F)c2)CC1. The van der Waals surface area contributed by atoms with Crippen molar-refractivity contribution in [2.75, 3.05) is 26.7 Å². The van der Waals surface area contributed by atoms with Gasteiger partial charge in [0, 0.05) is 25.6 Å². The highest BCUT2D eigenvalue weighted by Crippen LogP contribution is 2.48. The van der Waals surface area contributed by atoms with Crippen LogP contribution in [-0.2, 0) is 11.6 Å². The Labute approximate surface area is 121 Å². The van der Waals surface area contributed by atoms with Gasteiger partial charge in [0.25, 0.3) is 0 Å². The average Bonchev–Trinajstić information content (AvgIpc) is 3.13. The summed E-state index contributed by atoms with van der Waals surface area (Å²) in [7, 11) is 1.96. The number of alkyl halides is 3. The van der Waals surface area contributed by atoms with Crippen molar-refractivity contribution in [3.8, 4) is 0 Å². The fraction of sp³-hybridized carbons (Fsp3) is 0.533. The Morgan fingerprint density at radius 1 is 1.33 bits per heavy atom. The van der Waals surface area contributed by atoms with E-state index in [1.165, 1.54) is 12.1 Å². The molecule has 3 nitrogen and oxygen atoms in total. The first-order chi connectivity index (χ1) is 9.91. The molecule has 1 aliphatic carbocycles. The molecule has 21 heavy (non-hydrogen) atoms. The van der Waals surface area contributed by atoms with Gasteiger partial charge in [-0.25, -0.2) is 0 Å². The first kappa shape index (κ1) is 14.2. The lowest BCUT2D eigenvalue weighted by atomic mass is 9.94. The van der Waals surface area contributed by atoms with Gasteiger partial charge in [-0.05, 0) is 24.5 Å². The summed E-state index contributed by atoms with van der Waals surface area (Å²) >= 11 is 0. The molecule has 3 rings (SSSR count). The molecule has 0 unspecified atom stereocenters. The Bertz CT molecular complexity index is 562. The minimum Gasteiger partial charge on any atom is -0.355 e. The lowest BCUT2D eigenvalue weighted by Gasteiger charge is -2.21. The van der Waals surface area contributed by atoms with E-state index in [9.17, 15) is 13.2 Å². The Hall–Kier alpha value is -1.72. The van der Waals surface area contributed by atoms with Gasteiger partial charge in [0.1, 0.15) is 0 Å². The van der Waals surface area contributed by atoms with E-state index in [0.717, 1.165) is 43.5 Å². The number of aliphatic imine (C=N–C) groups is 1. The van der Waals surface area contributed by atoms with E-state index in [0.29, 0.717) is 6.54 Å². The molecule has 0 spiro atoms. The van der Waals surface area contributed by atoms with Crippen molar-refractivity contribution >= 4 is 5.96 Å². The number of likely N-dealkylation sites (N-methyl/N-ethyl adjacent to an activating group) is 1. The van der Waals surface area contributed by atoms with Gasteiger partial charge in [0.2, 0.25) is 0 Å². The van der Waals surface area contributed by atoms with Crippen molar-refractivity contribution in [3.63, 3.8) is 0 Å². The number of guanidine groups is 1. The summed E-state index contributed by atoms with van der Waals surface area (Å²) in [6.07, 6.45) is -2.45. The van der Waals surface area contributed by atoms with Crippen molar-refractivity contribution in [2.24, 2.45) is 4.99 Å². The molecule has 0 amide bonds. The third-order valence-electron chi connectivity index (χ3n) is 4.30. The highest BCUT2D eigenvalue weighted by molar-refractivity contribution is 5.81. The predicted octanol–water partition coefficient (Wildman–Crippen LogP) is 2.63. The monoisotopic (exact) mass is 297 g/mol. The summed E-state index contributed by atoms with van der Waals surface area (Å²) in [6.45, 7) is 2.30. The molecular weight excluding hydrogens is 279 g/mol. The zero-order valence-electron chi connectivity index (χ0n) is 11.9. The van der Waals surface area contributed by atoms with Crippen LogP contribution in [-0.4, -0.2) is 37.5 Å². The predicted molar refractivity (Wildman–Crippen MR) is 75.3 cm³/mol. The molecule has 1 fully saturated rings. The van der Waals surface area contributed by atoms with Crippen LogP contribution >= 0.6 is 0 Å². The average molecular weight is 297 g/mol. The minimum atomic E-state index is -4.28. The molecule has 1 aliphatic heterocycles.